The zero-order valence-electron chi connectivity index (χ0n) is 19.9. The molecule has 8 nitrogen and oxygen atoms in total. The van der Waals surface area contributed by atoms with Crippen molar-refractivity contribution in [2.45, 2.75) is 13.1 Å². The number of halogens is 3. The molecule has 2 aromatic carbocycles. The zero-order valence-corrected chi connectivity index (χ0v) is 19.9. The second kappa shape index (κ2) is 10.1. The maximum Gasteiger partial charge on any atom is 0.416 e. The quantitative estimate of drug-likeness (QED) is 0.286. The monoisotopic (exact) mass is 515 g/mol. The van der Waals surface area contributed by atoms with E-state index >= 15 is 0 Å². The Morgan fingerprint density at radius 2 is 1.82 bits per heavy atom. The second-order valence-corrected chi connectivity index (χ2v) is 8.36. The normalized spacial score (nSPS) is 11.3. The maximum absolute atomic E-state index is 13.6. The van der Waals surface area contributed by atoms with Gasteiger partial charge >= 0.3 is 6.18 Å². The number of aryl methyl sites for hydroxylation is 1. The molecule has 2 N–H and O–H groups in total. The van der Waals surface area contributed by atoms with Crippen LogP contribution >= 0.6 is 0 Å². The molecule has 190 valence electrons. The highest BCUT2D eigenvalue weighted by Gasteiger charge is 2.31. The number of alkyl halides is 3. The Morgan fingerprint density at radius 3 is 2.55 bits per heavy atom. The average Bonchev–Trinajstić information content (AvgIpc) is 3.35. The molecular weight excluding hydrogens is 495 g/mol. The summed E-state index contributed by atoms with van der Waals surface area (Å²) in [6.07, 6.45) is 3.36. The first-order valence-electron chi connectivity index (χ1n) is 11.4. The molecular formula is C27H20F3N7O. The van der Waals surface area contributed by atoms with Crippen LogP contribution in [-0.2, 0) is 6.18 Å². The van der Waals surface area contributed by atoms with Gasteiger partial charge in [-0.3, -0.25) is 9.78 Å². The van der Waals surface area contributed by atoms with Crippen molar-refractivity contribution in [1.82, 2.24) is 24.5 Å². The molecule has 0 unspecified atom stereocenters. The van der Waals surface area contributed by atoms with E-state index < -0.39 is 17.6 Å². The SMILES string of the molecule is Cc1cn(-c2cc(NC(=O)c3cccc(Nc4nccc(-c5cccnc5)n4)c3)cc(C(F)(F)F)c2)cn1. The lowest BCUT2D eigenvalue weighted by Gasteiger charge is -2.14. The van der Waals surface area contributed by atoms with Crippen LogP contribution in [0.2, 0.25) is 0 Å². The molecule has 1 amide bonds. The van der Waals surface area contributed by atoms with Gasteiger partial charge in [0.15, 0.2) is 0 Å². The molecule has 0 saturated heterocycles. The van der Waals surface area contributed by atoms with E-state index in [-0.39, 0.29) is 16.9 Å². The summed E-state index contributed by atoms with van der Waals surface area (Å²) in [6, 6.07) is 15.3. The van der Waals surface area contributed by atoms with Gasteiger partial charge in [0, 0.05) is 53.0 Å². The van der Waals surface area contributed by atoms with Crippen molar-refractivity contribution in [2.75, 3.05) is 10.6 Å². The molecule has 0 aliphatic heterocycles. The summed E-state index contributed by atoms with van der Waals surface area (Å²) >= 11 is 0. The Balaban J connectivity index is 1.38. The first-order valence-corrected chi connectivity index (χ1v) is 11.4. The predicted octanol–water partition coefficient (Wildman–Crippen LogP) is 6.05. The van der Waals surface area contributed by atoms with Crippen LogP contribution in [0.15, 0.2) is 91.8 Å². The number of nitrogens with zero attached hydrogens (tertiary/aromatic N) is 5. The topological polar surface area (TPSA) is 97.6 Å². The second-order valence-electron chi connectivity index (χ2n) is 8.36. The van der Waals surface area contributed by atoms with Gasteiger partial charge in [-0.15, -0.1) is 0 Å². The number of carbonyl (C=O) groups is 1. The predicted molar refractivity (Wildman–Crippen MR) is 136 cm³/mol. The summed E-state index contributed by atoms with van der Waals surface area (Å²) in [4.78, 5) is 29.8. The number of carbonyl (C=O) groups excluding carboxylic acids is 1. The third kappa shape index (κ3) is 5.67. The highest BCUT2D eigenvalue weighted by atomic mass is 19.4. The number of imidazole rings is 1. The Morgan fingerprint density at radius 1 is 0.947 bits per heavy atom. The number of rotatable bonds is 6. The fraction of sp³-hybridized carbons (Fsp3) is 0.0741. The summed E-state index contributed by atoms with van der Waals surface area (Å²) in [7, 11) is 0. The zero-order chi connectivity index (χ0) is 26.7. The van der Waals surface area contributed by atoms with E-state index in [1.165, 1.54) is 17.0 Å². The van der Waals surface area contributed by atoms with Gasteiger partial charge in [0.1, 0.15) is 0 Å². The fourth-order valence-corrected chi connectivity index (χ4v) is 3.72. The van der Waals surface area contributed by atoms with Crippen molar-refractivity contribution in [1.29, 1.82) is 0 Å². The molecule has 5 aromatic rings. The lowest BCUT2D eigenvalue weighted by atomic mass is 10.1. The van der Waals surface area contributed by atoms with Crippen LogP contribution in [0.4, 0.5) is 30.5 Å². The van der Waals surface area contributed by atoms with Gasteiger partial charge in [-0.05, 0) is 61.5 Å². The van der Waals surface area contributed by atoms with Gasteiger partial charge < -0.3 is 15.2 Å². The third-order valence-electron chi connectivity index (χ3n) is 5.51. The number of benzene rings is 2. The van der Waals surface area contributed by atoms with Crippen LogP contribution in [0.3, 0.4) is 0 Å². The third-order valence-corrected chi connectivity index (χ3v) is 5.51. The summed E-state index contributed by atoms with van der Waals surface area (Å²) < 4.78 is 42.2. The van der Waals surface area contributed by atoms with Gasteiger partial charge in [-0.25, -0.2) is 15.0 Å². The molecule has 3 aromatic heterocycles. The van der Waals surface area contributed by atoms with Crippen LogP contribution < -0.4 is 10.6 Å². The summed E-state index contributed by atoms with van der Waals surface area (Å²) in [5.74, 6) is -0.271. The molecule has 0 saturated carbocycles. The number of amides is 1. The molecule has 0 aliphatic carbocycles. The Hall–Kier alpha value is -5.06. The summed E-state index contributed by atoms with van der Waals surface area (Å²) in [5.41, 5.74) is 2.21. The van der Waals surface area contributed by atoms with E-state index in [9.17, 15) is 18.0 Å². The molecule has 0 atom stereocenters. The van der Waals surface area contributed by atoms with Crippen LogP contribution in [0.5, 0.6) is 0 Å². The average molecular weight is 515 g/mol. The largest absolute Gasteiger partial charge is 0.416 e. The Bertz CT molecular complexity index is 1600. The number of hydrogen-bond donors (Lipinski definition) is 2. The maximum atomic E-state index is 13.6. The van der Waals surface area contributed by atoms with Crippen molar-refractivity contribution in [3.05, 3.63) is 109 Å². The van der Waals surface area contributed by atoms with E-state index in [2.05, 4.69) is 30.6 Å². The minimum absolute atomic E-state index is 0.00274. The van der Waals surface area contributed by atoms with Crippen molar-refractivity contribution >= 4 is 23.2 Å². The van der Waals surface area contributed by atoms with E-state index in [4.69, 9.17) is 0 Å². The van der Waals surface area contributed by atoms with Gasteiger partial charge in [-0.2, -0.15) is 13.2 Å². The van der Waals surface area contributed by atoms with Gasteiger partial charge in [0.05, 0.1) is 23.3 Å². The number of pyridine rings is 1. The molecule has 0 aliphatic rings. The Labute approximate surface area is 215 Å². The van der Waals surface area contributed by atoms with Crippen LogP contribution in [0.1, 0.15) is 21.6 Å². The van der Waals surface area contributed by atoms with Crippen LogP contribution in [0, 0.1) is 6.92 Å². The Kier molecular flexibility index (Phi) is 6.56. The van der Waals surface area contributed by atoms with Crippen molar-refractivity contribution in [2.24, 2.45) is 0 Å². The van der Waals surface area contributed by atoms with Gasteiger partial charge in [0.25, 0.3) is 5.91 Å². The molecule has 5 rings (SSSR count). The summed E-state index contributed by atoms with van der Waals surface area (Å²) in [6.45, 7) is 1.73. The number of aromatic nitrogens is 5. The van der Waals surface area contributed by atoms with Crippen LogP contribution in [0.25, 0.3) is 16.9 Å². The number of nitrogens with one attached hydrogen (secondary N) is 2. The first-order chi connectivity index (χ1) is 18.2. The van der Waals surface area contributed by atoms with E-state index in [0.29, 0.717) is 23.0 Å². The number of anilines is 3. The van der Waals surface area contributed by atoms with E-state index in [0.717, 1.165) is 17.7 Å². The lowest BCUT2D eigenvalue weighted by Crippen LogP contribution is -2.14. The minimum atomic E-state index is -4.60. The minimum Gasteiger partial charge on any atom is -0.324 e. The van der Waals surface area contributed by atoms with Crippen LogP contribution in [-0.4, -0.2) is 30.4 Å². The highest BCUT2D eigenvalue weighted by Crippen LogP contribution is 2.33. The molecule has 3 heterocycles. The van der Waals surface area contributed by atoms with Gasteiger partial charge in [-0.1, -0.05) is 6.07 Å². The molecule has 0 spiro atoms. The smallest absolute Gasteiger partial charge is 0.324 e. The van der Waals surface area contributed by atoms with Crippen molar-refractivity contribution < 1.29 is 18.0 Å². The van der Waals surface area contributed by atoms with E-state index in [1.807, 2.05) is 6.07 Å². The molecule has 11 heteroatoms. The fourth-order valence-electron chi connectivity index (χ4n) is 3.72. The molecule has 38 heavy (non-hydrogen) atoms. The van der Waals surface area contributed by atoms with Crippen molar-refractivity contribution in [3.63, 3.8) is 0 Å². The van der Waals surface area contributed by atoms with Gasteiger partial charge in [0.2, 0.25) is 5.95 Å². The highest BCUT2D eigenvalue weighted by molar-refractivity contribution is 6.05. The molecule has 0 fully saturated rings. The summed E-state index contributed by atoms with van der Waals surface area (Å²) in [5, 5.41) is 5.62. The lowest BCUT2D eigenvalue weighted by molar-refractivity contribution is -0.137. The first kappa shape index (κ1) is 24.6. The molecule has 0 radical (unpaired) electrons. The van der Waals surface area contributed by atoms with E-state index in [1.54, 1.807) is 68.1 Å². The molecule has 0 bridgehead atoms. The standard InChI is InChI=1S/C27H20F3N7O/c1-17-15-37(16-33-17)23-12-20(27(28,29)30)11-22(13-23)34-25(38)18-4-2-6-21(10-18)35-26-32-9-7-24(36-26)19-5-3-8-31-14-19/h2-16H,1H3,(H,34,38)(H,32,35,36). The number of hydrogen-bond acceptors (Lipinski definition) is 6. The van der Waals surface area contributed by atoms with Crippen molar-refractivity contribution in [3.8, 4) is 16.9 Å².